The number of carboxylic acid groups (broad SMARTS) is 1. The maximum absolute atomic E-state index is 12.7. The average Bonchev–Trinajstić information content (AvgIpc) is 3.14. The molecule has 0 fully saturated rings. The number of carboxylic acids is 1. The van der Waals surface area contributed by atoms with Gasteiger partial charge in [0, 0.05) is 18.4 Å². The molecule has 2 aromatic rings. The summed E-state index contributed by atoms with van der Waals surface area (Å²) in [6.45, 7) is 6.05. The quantitative estimate of drug-likeness (QED) is 0.392. The van der Waals surface area contributed by atoms with Crippen molar-refractivity contribution in [3.63, 3.8) is 0 Å². The smallest absolute Gasteiger partial charge is 0.407 e. The first-order chi connectivity index (χ1) is 16.8. The summed E-state index contributed by atoms with van der Waals surface area (Å²) in [7, 11) is 0. The molecule has 2 aromatic carbocycles. The Morgan fingerprint density at radius 1 is 0.971 bits per heavy atom. The fourth-order valence-corrected chi connectivity index (χ4v) is 4.65. The van der Waals surface area contributed by atoms with E-state index in [9.17, 15) is 19.5 Å². The Labute approximate surface area is 207 Å². The summed E-state index contributed by atoms with van der Waals surface area (Å²) in [6.07, 6.45) is 2.13. The zero-order valence-electron chi connectivity index (χ0n) is 20.8. The molecule has 0 heterocycles. The van der Waals surface area contributed by atoms with Gasteiger partial charge >= 0.3 is 12.1 Å². The van der Waals surface area contributed by atoms with Crippen LogP contribution in [-0.4, -0.2) is 41.8 Å². The lowest BCUT2D eigenvalue weighted by molar-refractivity contribution is -0.142. The third-order valence-electron chi connectivity index (χ3n) is 6.34. The largest absolute Gasteiger partial charge is 0.480 e. The van der Waals surface area contributed by atoms with Crippen LogP contribution in [0, 0.1) is 5.92 Å². The molecule has 7 nitrogen and oxygen atoms in total. The first-order valence-corrected chi connectivity index (χ1v) is 12.4. The second-order valence-corrected chi connectivity index (χ2v) is 9.60. The van der Waals surface area contributed by atoms with Crippen LogP contribution < -0.4 is 10.6 Å². The Morgan fingerprint density at radius 2 is 1.57 bits per heavy atom. The molecule has 3 N–H and O–H groups in total. The molecule has 35 heavy (non-hydrogen) atoms. The van der Waals surface area contributed by atoms with Gasteiger partial charge in [-0.25, -0.2) is 9.59 Å². The Morgan fingerprint density at radius 3 is 2.11 bits per heavy atom. The van der Waals surface area contributed by atoms with Crippen molar-refractivity contribution < 1.29 is 24.2 Å². The number of hydrogen-bond donors (Lipinski definition) is 3. The maximum atomic E-state index is 12.7. The third kappa shape index (κ3) is 7.07. The van der Waals surface area contributed by atoms with E-state index in [0.717, 1.165) is 35.1 Å². The number of carbonyl (C=O) groups excluding carboxylic acids is 2. The zero-order valence-corrected chi connectivity index (χ0v) is 20.8. The van der Waals surface area contributed by atoms with Gasteiger partial charge in [0.15, 0.2) is 0 Å². The van der Waals surface area contributed by atoms with E-state index < -0.39 is 30.1 Å². The molecule has 0 bridgehead atoms. The van der Waals surface area contributed by atoms with E-state index in [-0.39, 0.29) is 24.9 Å². The number of ether oxygens (including phenoxy) is 1. The highest BCUT2D eigenvalue weighted by atomic mass is 16.5. The summed E-state index contributed by atoms with van der Waals surface area (Å²) in [4.78, 5) is 36.8. The number of aliphatic carboxylic acids is 1. The highest BCUT2D eigenvalue weighted by Gasteiger charge is 2.29. The Bertz CT molecular complexity index is 990. The molecule has 0 aliphatic heterocycles. The van der Waals surface area contributed by atoms with Gasteiger partial charge in [-0.05, 0) is 41.0 Å². The lowest BCUT2D eigenvalue weighted by atomic mass is 9.98. The molecule has 188 valence electrons. The Kier molecular flexibility index (Phi) is 9.29. The normalized spacial score (nSPS) is 14.1. The van der Waals surface area contributed by atoms with Gasteiger partial charge in [-0.3, -0.25) is 4.79 Å². The summed E-state index contributed by atoms with van der Waals surface area (Å²) in [5.74, 6) is -1.36. The number of unbranched alkanes of at least 4 members (excludes halogenated alkanes) is 1. The summed E-state index contributed by atoms with van der Waals surface area (Å²) in [6, 6.07) is 14.9. The Balaban J connectivity index is 1.60. The van der Waals surface area contributed by atoms with E-state index >= 15 is 0 Å². The molecule has 2 atom stereocenters. The SMILES string of the molecule is CCCC[C@@H](CC(=O)N[C@H](CC(C)C)C(=O)O)NC(=O)OCC1c2ccccc2-c2ccccc21. The van der Waals surface area contributed by atoms with Crippen molar-refractivity contribution in [1.82, 2.24) is 10.6 Å². The summed E-state index contributed by atoms with van der Waals surface area (Å²) >= 11 is 0. The molecule has 3 rings (SSSR count). The first kappa shape index (κ1) is 26.3. The molecule has 2 amide bonds. The number of nitrogens with one attached hydrogen (secondary N) is 2. The lowest BCUT2D eigenvalue weighted by Gasteiger charge is -2.21. The molecule has 0 saturated carbocycles. The van der Waals surface area contributed by atoms with Crippen LogP contribution in [-0.2, 0) is 14.3 Å². The predicted molar refractivity (Wildman–Crippen MR) is 135 cm³/mol. The number of rotatable bonds is 12. The highest BCUT2D eigenvalue weighted by molar-refractivity contribution is 5.84. The molecule has 0 radical (unpaired) electrons. The fraction of sp³-hybridized carbons (Fsp3) is 0.464. The van der Waals surface area contributed by atoms with Gasteiger partial charge in [0.25, 0.3) is 0 Å². The van der Waals surface area contributed by atoms with Crippen LogP contribution in [0.25, 0.3) is 11.1 Å². The Hall–Kier alpha value is -3.35. The number of benzene rings is 2. The van der Waals surface area contributed by atoms with Crippen molar-refractivity contribution >= 4 is 18.0 Å². The van der Waals surface area contributed by atoms with E-state index in [1.54, 1.807) is 0 Å². The minimum Gasteiger partial charge on any atom is -0.480 e. The van der Waals surface area contributed by atoms with Gasteiger partial charge in [-0.1, -0.05) is 82.1 Å². The van der Waals surface area contributed by atoms with Crippen molar-refractivity contribution in [3.05, 3.63) is 59.7 Å². The average molecular weight is 481 g/mol. The van der Waals surface area contributed by atoms with Crippen LogP contribution in [0.3, 0.4) is 0 Å². The maximum Gasteiger partial charge on any atom is 0.407 e. The van der Waals surface area contributed by atoms with E-state index in [0.29, 0.717) is 12.8 Å². The lowest BCUT2D eigenvalue weighted by Crippen LogP contribution is -2.45. The van der Waals surface area contributed by atoms with Crippen molar-refractivity contribution in [2.75, 3.05) is 6.61 Å². The van der Waals surface area contributed by atoms with Gasteiger partial charge in [0.2, 0.25) is 5.91 Å². The van der Waals surface area contributed by atoms with Gasteiger partial charge in [0.05, 0.1) is 0 Å². The first-order valence-electron chi connectivity index (χ1n) is 12.4. The summed E-state index contributed by atoms with van der Waals surface area (Å²) < 4.78 is 5.63. The van der Waals surface area contributed by atoms with Crippen molar-refractivity contribution in [2.24, 2.45) is 5.92 Å². The fourth-order valence-electron chi connectivity index (χ4n) is 4.65. The molecule has 1 aliphatic rings. The van der Waals surface area contributed by atoms with Gasteiger partial charge in [0.1, 0.15) is 12.6 Å². The number of alkyl carbamates (subject to hydrolysis) is 1. The number of hydrogen-bond acceptors (Lipinski definition) is 4. The summed E-state index contributed by atoms with van der Waals surface area (Å²) in [5.41, 5.74) is 4.58. The molecular weight excluding hydrogens is 444 g/mol. The second-order valence-electron chi connectivity index (χ2n) is 9.60. The monoisotopic (exact) mass is 480 g/mol. The van der Waals surface area contributed by atoms with Gasteiger partial charge < -0.3 is 20.5 Å². The van der Waals surface area contributed by atoms with E-state index in [1.807, 2.05) is 45.0 Å². The predicted octanol–water partition coefficient (Wildman–Crippen LogP) is 5.09. The van der Waals surface area contributed by atoms with Crippen molar-refractivity contribution in [3.8, 4) is 11.1 Å². The van der Waals surface area contributed by atoms with Gasteiger partial charge in [-0.2, -0.15) is 0 Å². The molecule has 7 heteroatoms. The highest BCUT2D eigenvalue weighted by Crippen LogP contribution is 2.44. The molecule has 0 saturated heterocycles. The van der Waals surface area contributed by atoms with Gasteiger partial charge in [-0.15, -0.1) is 0 Å². The molecule has 1 aliphatic carbocycles. The molecule has 0 unspecified atom stereocenters. The van der Waals surface area contributed by atoms with Crippen molar-refractivity contribution in [1.29, 1.82) is 0 Å². The van der Waals surface area contributed by atoms with Crippen LogP contribution in [0.4, 0.5) is 4.79 Å². The van der Waals surface area contributed by atoms with Crippen LogP contribution in [0.1, 0.15) is 69.9 Å². The van der Waals surface area contributed by atoms with Crippen LogP contribution in [0.15, 0.2) is 48.5 Å². The van der Waals surface area contributed by atoms with Crippen LogP contribution in [0.2, 0.25) is 0 Å². The summed E-state index contributed by atoms with van der Waals surface area (Å²) in [5, 5.41) is 14.8. The zero-order chi connectivity index (χ0) is 25.4. The second kappa shape index (κ2) is 12.4. The topological polar surface area (TPSA) is 105 Å². The minimum absolute atomic E-state index is 0.00602. The molecule has 0 aromatic heterocycles. The number of carbonyl (C=O) groups is 3. The van der Waals surface area contributed by atoms with Crippen molar-refractivity contribution in [2.45, 2.75) is 70.9 Å². The minimum atomic E-state index is -1.05. The molecule has 0 spiro atoms. The van der Waals surface area contributed by atoms with E-state index in [2.05, 4.69) is 34.9 Å². The molecular formula is C28H36N2O5. The number of fused-ring (bicyclic) bond motifs is 3. The van der Waals surface area contributed by atoms with Crippen LogP contribution >= 0.6 is 0 Å². The number of amides is 2. The standard InChI is InChI=1S/C28H36N2O5/c1-4-5-10-19(16-26(31)30-25(27(32)33)15-18(2)3)29-28(34)35-17-24-22-13-8-6-11-20(22)21-12-7-9-14-23(21)24/h6-9,11-14,18-19,24-25H,4-5,10,15-17H2,1-3H3,(H,29,34)(H,30,31)(H,32,33)/t19-,25+/m0/s1. The van der Waals surface area contributed by atoms with Crippen LogP contribution in [0.5, 0.6) is 0 Å². The third-order valence-corrected chi connectivity index (χ3v) is 6.34. The van der Waals surface area contributed by atoms with E-state index in [4.69, 9.17) is 4.74 Å². The van der Waals surface area contributed by atoms with E-state index in [1.165, 1.54) is 0 Å².